The number of fused-ring (bicyclic) bond motifs is 1. The van der Waals surface area contributed by atoms with Crippen molar-refractivity contribution in [1.29, 1.82) is 0 Å². The van der Waals surface area contributed by atoms with Gasteiger partial charge in [-0.2, -0.15) is 0 Å². The van der Waals surface area contributed by atoms with Crippen molar-refractivity contribution in [2.75, 3.05) is 5.75 Å². The predicted molar refractivity (Wildman–Crippen MR) is 97.4 cm³/mol. The zero-order valence-electron chi connectivity index (χ0n) is 14.0. The zero-order chi connectivity index (χ0) is 17.8. The predicted octanol–water partition coefficient (Wildman–Crippen LogP) is 4.45. The molecule has 0 fully saturated rings. The van der Waals surface area contributed by atoms with Crippen LogP contribution in [0, 0.1) is 12.7 Å². The summed E-state index contributed by atoms with van der Waals surface area (Å²) in [6, 6.07) is 11.8. The third kappa shape index (κ3) is 4.48. The second-order valence-corrected chi connectivity index (χ2v) is 7.37. The minimum absolute atomic E-state index is 0.0409. The fourth-order valence-corrected chi connectivity index (χ4v) is 4.00. The molecular weight excluding hydrogens is 337 g/mol. The van der Waals surface area contributed by atoms with Gasteiger partial charge in [-0.3, -0.25) is 9.59 Å². The number of benzene rings is 2. The molecule has 1 amide bonds. The molecule has 0 spiro atoms. The first kappa shape index (κ1) is 17.7. The van der Waals surface area contributed by atoms with Crippen molar-refractivity contribution in [1.82, 2.24) is 5.32 Å². The van der Waals surface area contributed by atoms with Gasteiger partial charge in [-0.05, 0) is 37.1 Å². The van der Waals surface area contributed by atoms with E-state index in [2.05, 4.69) is 5.32 Å². The minimum Gasteiger partial charge on any atom is -0.349 e. The summed E-state index contributed by atoms with van der Waals surface area (Å²) in [6.45, 7) is 1.96. The zero-order valence-corrected chi connectivity index (χ0v) is 14.9. The number of nitrogens with one attached hydrogen (secondary N) is 1. The molecule has 1 unspecified atom stereocenters. The molecule has 1 aliphatic rings. The molecule has 0 bridgehead atoms. The van der Waals surface area contributed by atoms with Gasteiger partial charge in [-0.15, -0.1) is 11.8 Å². The molecule has 1 aliphatic heterocycles. The second-order valence-electron chi connectivity index (χ2n) is 6.23. The van der Waals surface area contributed by atoms with Crippen molar-refractivity contribution >= 4 is 23.5 Å². The second kappa shape index (κ2) is 7.83. The topological polar surface area (TPSA) is 46.2 Å². The highest BCUT2D eigenvalue weighted by molar-refractivity contribution is 7.99. The molecule has 2 aromatic carbocycles. The number of aryl methyl sites for hydroxylation is 1. The largest absolute Gasteiger partial charge is 0.349 e. The Morgan fingerprint density at radius 2 is 1.92 bits per heavy atom. The lowest BCUT2D eigenvalue weighted by Crippen LogP contribution is -2.31. The van der Waals surface area contributed by atoms with Crippen LogP contribution in [0.4, 0.5) is 4.39 Å². The number of carbonyl (C=O) groups excluding carboxylic acids is 2. The highest BCUT2D eigenvalue weighted by atomic mass is 32.2. The molecule has 1 N–H and O–H groups in total. The van der Waals surface area contributed by atoms with Gasteiger partial charge in [0.1, 0.15) is 5.82 Å². The van der Waals surface area contributed by atoms with Crippen molar-refractivity contribution in [2.45, 2.75) is 37.1 Å². The van der Waals surface area contributed by atoms with Crippen LogP contribution in [0.25, 0.3) is 0 Å². The third-order valence-electron chi connectivity index (χ3n) is 4.30. The van der Waals surface area contributed by atoms with Gasteiger partial charge in [0.05, 0.1) is 6.04 Å². The third-order valence-corrected chi connectivity index (χ3v) is 5.42. The Kier molecular flexibility index (Phi) is 5.53. The van der Waals surface area contributed by atoms with E-state index in [4.69, 9.17) is 0 Å². The monoisotopic (exact) mass is 357 g/mol. The number of amides is 1. The molecule has 0 saturated heterocycles. The number of Topliss-reactive ketones (excluding diaryl/α,β-unsaturated/α-hetero) is 1. The average Bonchev–Trinajstić information content (AvgIpc) is 2.61. The van der Waals surface area contributed by atoms with Crippen molar-refractivity contribution < 1.29 is 14.0 Å². The molecule has 0 saturated carbocycles. The Morgan fingerprint density at radius 3 is 2.68 bits per heavy atom. The molecule has 0 aliphatic carbocycles. The summed E-state index contributed by atoms with van der Waals surface area (Å²) in [7, 11) is 0. The first-order chi connectivity index (χ1) is 12.0. The number of ketones is 1. The van der Waals surface area contributed by atoms with E-state index >= 15 is 0 Å². The first-order valence-electron chi connectivity index (χ1n) is 8.34. The smallest absolute Gasteiger partial charge is 0.220 e. The van der Waals surface area contributed by atoms with Crippen LogP contribution in [0.15, 0.2) is 47.4 Å². The van der Waals surface area contributed by atoms with E-state index in [1.54, 1.807) is 30.0 Å². The maximum absolute atomic E-state index is 13.5. The summed E-state index contributed by atoms with van der Waals surface area (Å²) in [4.78, 5) is 25.4. The first-order valence-corrected chi connectivity index (χ1v) is 9.33. The molecule has 130 valence electrons. The summed E-state index contributed by atoms with van der Waals surface area (Å²) >= 11 is 1.67. The van der Waals surface area contributed by atoms with Gasteiger partial charge in [0.15, 0.2) is 5.78 Å². The van der Waals surface area contributed by atoms with Crippen LogP contribution < -0.4 is 5.32 Å². The van der Waals surface area contributed by atoms with E-state index in [1.807, 2.05) is 19.1 Å². The minimum atomic E-state index is -0.296. The van der Waals surface area contributed by atoms with Crippen LogP contribution in [0.5, 0.6) is 0 Å². The number of thioether (sulfide) groups is 1. The SMILES string of the molecule is Cc1ccc(C(=O)CCC(=O)NC2CCSc3ccc(F)cc32)cc1. The van der Waals surface area contributed by atoms with E-state index in [9.17, 15) is 14.0 Å². The fraction of sp³-hybridized carbons (Fsp3) is 0.300. The van der Waals surface area contributed by atoms with Crippen molar-refractivity contribution in [3.05, 3.63) is 65.0 Å². The molecule has 1 atom stereocenters. The van der Waals surface area contributed by atoms with Crippen LogP contribution in [-0.2, 0) is 4.79 Å². The fourth-order valence-electron chi connectivity index (χ4n) is 2.89. The maximum Gasteiger partial charge on any atom is 0.220 e. The number of carbonyl (C=O) groups is 2. The lowest BCUT2D eigenvalue weighted by atomic mass is 10.0. The van der Waals surface area contributed by atoms with Gasteiger partial charge in [-0.25, -0.2) is 4.39 Å². The maximum atomic E-state index is 13.5. The lowest BCUT2D eigenvalue weighted by Gasteiger charge is -2.26. The molecule has 0 radical (unpaired) electrons. The Hall–Kier alpha value is -2.14. The van der Waals surface area contributed by atoms with Gasteiger partial charge in [0, 0.05) is 29.1 Å². The van der Waals surface area contributed by atoms with E-state index in [-0.39, 0.29) is 36.4 Å². The summed E-state index contributed by atoms with van der Waals surface area (Å²) in [5, 5.41) is 2.95. The molecule has 3 rings (SSSR count). The van der Waals surface area contributed by atoms with E-state index in [0.717, 1.165) is 28.2 Å². The Balaban J connectivity index is 1.58. The van der Waals surface area contributed by atoms with Gasteiger partial charge < -0.3 is 5.32 Å². The summed E-state index contributed by atoms with van der Waals surface area (Å²) in [5.41, 5.74) is 2.55. The number of hydrogen-bond donors (Lipinski definition) is 1. The van der Waals surface area contributed by atoms with Crippen molar-refractivity contribution in [2.24, 2.45) is 0 Å². The van der Waals surface area contributed by atoms with Crippen LogP contribution >= 0.6 is 11.8 Å². The van der Waals surface area contributed by atoms with E-state index in [0.29, 0.717) is 5.56 Å². The number of rotatable bonds is 5. The molecule has 2 aromatic rings. The van der Waals surface area contributed by atoms with E-state index in [1.165, 1.54) is 12.1 Å². The van der Waals surface area contributed by atoms with Gasteiger partial charge in [0.2, 0.25) is 5.91 Å². The van der Waals surface area contributed by atoms with Gasteiger partial charge >= 0.3 is 0 Å². The van der Waals surface area contributed by atoms with Gasteiger partial charge in [-0.1, -0.05) is 29.8 Å². The number of hydrogen-bond acceptors (Lipinski definition) is 3. The highest BCUT2D eigenvalue weighted by Gasteiger charge is 2.23. The van der Waals surface area contributed by atoms with Crippen LogP contribution in [-0.4, -0.2) is 17.4 Å². The van der Waals surface area contributed by atoms with Gasteiger partial charge in [0.25, 0.3) is 0 Å². The molecule has 3 nitrogen and oxygen atoms in total. The standard InChI is InChI=1S/C20H20FNO2S/c1-13-2-4-14(5-3-13)18(23)7-9-20(24)22-17-10-11-25-19-8-6-15(21)12-16(17)19/h2-6,8,12,17H,7,9-11H2,1H3,(H,22,24). The van der Waals surface area contributed by atoms with Crippen LogP contribution in [0.1, 0.15) is 46.8 Å². The highest BCUT2D eigenvalue weighted by Crippen LogP contribution is 2.36. The Labute approximate surface area is 151 Å². The molecule has 1 heterocycles. The molecule has 25 heavy (non-hydrogen) atoms. The summed E-state index contributed by atoms with van der Waals surface area (Å²) < 4.78 is 13.5. The Morgan fingerprint density at radius 1 is 1.16 bits per heavy atom. The summed E-state index contributed by atoms with van der Waals surface area (Å²) in [6.07, 6.45) is 1.08. The number of halogens is 1. The summed E-state index contributed by atoms with van der Waals surface area (Å²) in [5.74, 6) is 0.370. The lowest BCUT2D eigenvalue weighted by molar-refractivity contribution is -0.121. The molecule has 5 heteroatoms. The van der Waals surface area contributed by atoms with E-state index < -0.39 is 0 Å². The van der Waals surface area contributed by atoms with Crippen LogP contribution in [0.3, 0.4) is 0 Å². The van der Waals surface area contributed by atoms with Crippen molar-refractivity contribution in [3.8, 4) is 0 Å². The molecular formula is C20H20FNO2S. The normalized spacial score (nSPS) is 16.2. The average molecular weight is 357 g/mol. The Bertz CT molecular complexity index is 789. The molecule has 0 aromatic heterocycles. The van der Waals surface area contributed by atoms with Crippen molar-refractivity contribution in [3.63, 3.8) is 0 Å². The van der Waals surface area contributed by atoms with Crippen LogP contribution in [0.2, 0.25) is 0 Å². The quantitative estimate of drug-likeness (QED) is 0.804.